The molecule has 1 fully saturated rings. The molecule has 128 valence electrons. The Hall–Kier alpha value is -2.01. The minimum atomic E-state index is -0.0827. The second-order valence-corrected chi connectivity index (χ2v) is 7.16. The Bertz CT molecular complexity index is 663. The summed E-state index contributed by atoms with van der Waals surface area (Å²) in [5.74, 6) is 1.27. The van der Waals surface area contributed by atoms with Crippen molar-refractivity contribution in [3.63, 3.8) is 0 Å². The number of rotatable bonds is 7. The van der Waals surface area contributed by atoms with Gasteiger partial charge in [-0.05, 0) is 36.4 Å². The molecule has 0 saturated heterocycles. The first kappa shape index (κ1) is 16.8. The van der Waals surface area contributed by atoms with E-state index in [1.54, 1.807) is 24.5 Å². The molecule has 0 radical (unpaired) electrons. The average molecular weight is 345 g/mol. The van der Waals surface area contributed by atoms with Crippen molar-refractivity contribution in [3.8, 4) is 11.5 Å². The fraction of sp³-hybridized carbons (Fsp3) is 0.421. The molecule has 1 amide bonds. The van der Waals surface area contributed by atoms with Gasteiger partial charge in [0, 0.05) is 22.9 Å². The Labute approximate surface area is 146 Å². The number of hydrogen-bond donors (Lipinski definition) is 1. The van der Waals surface area contributed by atoms with Crippen LogP contribution in [0.25, 0.3) is 0 Å². The summed E-state index contributed by atoms with van der Waals surface area (Å²) in [4.78, 5) is 13.6. The van der Waals surface area contributed by atoms with E-state index in [0.29, 0.717) is 12.3 Å². The van der Waals surface area contributed by atoms with Crippen molar-refractivity contribution in [2.75, 3.05) is 20.3 Å². The minimum absolute atomic E-state index is 0.0215. The number of thiophene rings is 1. The molecule has 1 aliphatic carbocycles. The zero-order valence-electron chi connectivity index (χ0n) is 13.9. The average Bonchev–Trinajstić information content (AvgIpc) is 3.30. The van der Waals surface area contributed by atoms with E-state index in [0.717, 1.165) is 18.6 Å². The molecule has 0 spiro atoms. The van der Waals surface area contributed by atoms with Gasteiger partial charge in [-0.1, -0.05) is 25.0 Å². The van der Waals surface area contributed by atoms with Crippen LogP contribution in [-0.4, -0.2) is 26.2 Å². The normalized spacial score (nSPS) is 15.9. The van der Waals surface area contributed by atoms with Gasteiger partial charge in [0.15, 0.2) is 6.61 Å². The van der Waals surface area contributed by atoms with Gasteiger partial charge in [0.2, 0.25) is 0 Å². The highest BCUT2D eigenvalue weighted by molar-refractivity contribution is 7.10. The number of hydrogen-bond acceptors (Lipinski definition) is 4. The molecule has 3 rings (SSSR count). The maximum Gasteiger partial charge on any atom is 0.257 e. The van der Waals surface area contributed by atoms with Crippen LogP contribution in [0.1, 0.15) is 30.6 Å². The number of carbonyl (C=O) groups is 1. The van der Waals surface area contributed by atoms with Gasteiger partial charge in [0.25, 0.3) is 5.91 Å². The third-order valence-electron chi connectivity index (χ3n) is 4.64. The summed E-state index contributed by atoms with van der Waals surface area (Å²) in [6, 6.07) is 11.6. The van der Waals surface area contributed by atoms with Crippen LogP contribution < -0.4 is 14.8 Å². The molecule has 0 unspecified atom stereocenters. The van der Waals surface area contributed by atoms with E-state index in [1.807, 2.05) is 18.2 Å². The van der Waals surface area contributed by atoms with Crippen molar-refractivity contribution < 1.29 is 14.3 Å². The van der Waals surface area contributed by atoms with Crippen molar-refractivity contribution in [1.29, 1.82) is 0 Å². The first-order valence-corrected chi connectivity index (χ1v) is 9.17. The molecule has 0 atom stereocenters. The van der Waals surface area contributed by atoms with Gasteiger partial charge < -0.3 is 14.8 Å². The smallest absolute Gasteiger partial charge is 0.257 e. The molecular weight excluding hydrogens is 322 g/mol. The zero-order valence-corrected chi connectivity index (χ0v) is 14.7. The van der Waals surface area contributed by atoms with E-state index in [-0.39, 0.29) is 17.9 Å². The highest BCUT2D eigenvalue weighted by Gasteiger charge is 2.36. The Morgan fingerprint density at radius 2 is 2.00 bits per heavy atom. The van der Waals surface area contributed by atoms with Crippen LogP contribution in [0, 0.1) is 0 Å². The highest BCUT2D eigenvalue weighted by Crippen LogP contribution is 2.42. The van der Waals surface area contributed by atoms with Gasteiger partial charge in [0.1, 0.15) is 11.5 Å². The van der Waals surface area contributed by atoms with Crippen LogP contribution >= 0.6 is 11.3 Å². The molecule has 1 aromatic heterocycles. The van der Waals surface area contributed by atoms with Crippen molar-refractivity contribution in [2.45, 2.75) is 31.1 Å². The van der Waals surface area contributed by atoms with Crippen LogP contribution in [0.5, 0.6) is 11.5 Å². The van der Waals surface area contributed by atoms with Gasteiger partial charge in [-0.15, -0.1) is 11.3 Å². The Kier molecular flexibility index (Phi) is 5.41. The second-order valence-electron chi connectivity index (χ2n) is 6.21. The predicted molar refractivity (Wildman–Crippen MR) is 96.0 cm³/mol. The number of ether oxygens (including phenoxy) is 2. The number of methoxy groups -OCH3 is 1. The van der Waals surface area contributed by atoms with E-state index >= 15 is 0 Å². The van der Waals surface area contributed by atoms with Crippen molar-refractivity contribution in [2.24, 2.45) is 0 Å². The predicted octanol–water partition coefficient (Wildman–Crippen LogP) is 3.76. The standard InChI is InChI=1S/C19H23NO3S/c1-22-15-6-4-7-16(12-15)23-13-18(21)20-14-19(9-2-3-10-19)17-8-5-11-24-17/h4-8,11-12H,2-3,9-10,13-14H2,1H3,(H,20,21). The number of carbonyl (C=O) groups excluding carboxylic acids is 1. The van der Waals surface area contributed by atoms with Crippen molar-refractivity contribution in [1.82, 2.24) is 5.32 Å². The van der Waals surface area contributed by atoms with E-state index in [4.69, 9.17) is 9.47 Å². The first-order chi connectivity index (χ1) is 11.7. The summed E-state index contributed by atoms with van der Waals surface area (Å²) >= 11 is 1.79. The van der Waals surface area contributed by atoms with Crippen LogP contribution in [0.3, 0.4) is 0 Å². The summed E-state index contributed by atoms with van der Waals surface area (Å²) < 4.78 is 10.7. The lowest BCUT2D eigenvalue weighted by Crippen LogP contribution is -2.40. The van der Waals surface area contributed by atoms with E-state index in [9.17, 15) is 4.79 Å². The summed E-state index contributed by atoms with van der Waals surface area (Å²) in [5, 5.41) is 5.18. The lowest BCUT2D eigenvalue weighted by molar-refractivity contribution is -0.123. The van der Waals surface area contributed by atoms with Crippen molar-refractivity contribution >= 4 is 17.2 Å². The Morgan fingerprint density at radius 3 is 2.71 bits per heavy atom. The molecule has 0 aliphatic heterocycles. The number of benzene rings is 1. The van der Waals surface area contributed by atoms with Gasteiger partial charge in [-0.3, -0.25) is 4.79 Å². The van der Waals surface area contributed by atoms with Crippen LogP contribution in [-0.2, 0) is 10.2 Å². The molecule has 1 heterocycles. The first-order valence-electron chi connectivity index (χ1n) is 8.29. The third kappa shape index (κ3) is 3.90. The molecule has 1 aliphatic rings. The monoisotopic (exact) mass is 345 g/mol. The van der Waals surface area contributed by atoms with Crippen LogP contribution in [0.15, 0.2) is 41.8 Å². The lowest BCUT2D eigenvalue weighted by Gasteiger charge is -2.28. The largest absolute Gasteiger partial charge is 0.497 e. The summed E-state index contributed by atoms with van der Waals surface area (Å²) in [6.07, 6.45) is 4.75. The number of amides is 1. The molecular formula is C19H23NO3S. The van der Waals surface area contributed by atoms with Gasteiger partial charge in [-0.25, -0.2) is 0 Å². The maximum absolute atomic E-state index is 12.2. The molecule has 0 bridgehead atoms. The molecule has 1 aromatic carbocycles. The topological polar surface area (TPSA) is 47.6 Å². The quantitative estimate of drug-likeness (QED) is 0.831. The lowest BCUT2D eigenvalue weighted by atomic mass is 9.84. The van der Waals surface area contributed by atoms with Gasteiger partial charge in [-0.2, -0.15) is 0 Å². The van der Waals surface area contributed by atoms with Gasteiger partial charge >= 0.3 is 0 Å². The Morgan fingerprint density at radius 1 is 1.21 bits per heavy atom. The molecule has 4 nitrogen and oxygen atoms in total. The summed E-state index contributed by atoms with van der Waals surface area (Å²) in [7, 11) is 1.61. The van der Waals surface area contributed by atoms with Crippen LogP contribution in [0.4, 0.5) is 0 Å². The summed E-state index contributed by atoms with van der Waals surface area (Å²) in [6.45, 7) is 0.710. The number of nitrogens with one attached hydrogen (secondary N) is 1. The molecule has 2 aromatic rings. The van der Waals surface area contributed by atoms with Gasteiger partial charge in [0.05, 0.1) is 7.11 Å². The maximum atomic E-state index is 12.2. The SMILES string of the molecule is COc1cccc(OCC(=O)NCC2(c3cccs3)CCCC2)c1. The molecule has 24 heavy (non-hydrogen) atoms. The fourth-order valence-corrected chi connectivity index (χ4v) is 4.29. The minimum Gasteiger partial charge on any atom is -0.497 e. The van der Waals surface area contributed by atoms with Crippen LogP contribution in [0.2, 0.25) is 0 Å². The summed E-state index contributed by atoms with van der Waals surface area (Å²) in [5.41, 5.74) is 0.111. The zero-order chi connectivity index (χ0) is 16.8. The Balaban J connectivity index is 1.53. The molecule has 1 saturated carbocycles. The van der Waals surface area contributed by atoms with E-state index in [1.165, 1.54) is 17.7 Å². The van der Waals surface area contributed by atoms with Crippen molar-refractivity contribution in [3.05, 3.63) is 46.7 Å². The molecule has 5 heteroatoms. The second kappa shape index (κ2) is 7.71. The molecule has 1 N–H and O–H groups in total. The third-order valence-corrected chi connectivity index (χ3v) is 5.76. The van der Waals surface area contributed by atoms with E-state index in [2.05, 4.69) is 22.8 Å². The highest BCUT2D eigenvalue weighted by atomic mass is 32.1. The fourth-order valence-electron chi connectivity index (χ4n) is 3.30. The van der Waals surface area contributed by atoms with E-state index < -0.39 is 0 Å².